The lowest BCUT2D eigenvalue weighted by Crippen LogP contribution is -2.26. The average molecular weight is 428 g/mol. The van der Waals surface area contributed by atoms with Crippen LogP contribution in [0.25, 0.3) is 10.2 Å². The topological polar surface area (TPSA) is 67.5 Å². The van der Waals surface area contributed by atoms with Crippen LogP contribution in [-0.2, 0) is 19.4 Å². The monoisotopic (exact) mass is 427 g/mol. The molecule has 2 aromatic heterocycles. The summed E-state index contributed by atoms with van der Waals surface area (Å²) in [6.07, 6.45) is 3.17. The van der Waals surface area contributed by atoms with Crippen LogP contribution in [0.5, 0.6) is 11.5 Å². The normalized spacial score (nSPS) is 17.2. The van der Waals surface area contributed by atoms with Gasteiger partial charge >= 0.3 is 0 Å². The molecule has 1 N–H and O–H groups in total. The van der Waals surface area contributed by atoms with Crippen molar-refractivity contribution in [3.63, 3.8) is 0 Å². The standard InChI is InChI=1S/C23H29N3O3S/c1-13-6-9-17-19(10-13)30-23-20(17)22(27)24-21(25-23)14(2)26(3)12-15-7-8-16(28-4)11-18(15)29-5/h7-8,11,13-14H,6,9-10,12H2,1-5H3,(H,24,25,27)/t13-,14-/m1/s1. The highest BCUT2D eigenvalue weighted by atomic mass is 32.1. The predicted octanol–water partition coefficient (Wildman–Crippen LogP) is 4.32. The predicted molar refractivity (Wildman–Crippen MR) is 121 cm³/mol. The first kappa shape index (κ1) is 20.9. The summed E-state index contributed by atoms with van der Waals surface area (Å²) in [6.45, 7) is 5.01. The van der Waals surface area contributed by atoms with E-state index in [1.165, 1.54) is 10.4 Å². The van der Waals surface area contributed by atoms with Crippen molar-refractivity contribution in [1.29, 1.82) is 0 Å². The van der Waals surface area contributed by atoms with Gasteiger partial charge in [-0.3, -0.25) is 9.69 Å². The van der Waals surface area contributed by atoms with Gasteiger partial charge in [-0.1, -0.05) is 13.0 Å². The summed E-state index contributed by atoms with van der Waals surface area (Å²) in [4.78, 5) is 25.2. The van der Waals surface area contributed by atoms with Crippen LogP contribution in [0.2, 0.25) is 0 Å². The Bertz CT molecular complexity index is 1120. The number of aromatic amines is 1. The SMILES string of the molecule is COc1ccc(CN(C)[C@H](C)c2nc3sc4c(c3c(=O)[nH]2)CC[C@@H](C)C4)c(OC)c1. The molecular formula is C23H29N3O3S. The first-order valence-corrected chi connectivity index (χ1v) is 11.2. The van der Waals surface area contributed by atoms with E-state index in [0.29, 0.717) is 18.3 Å². The second kappa shape index (κ2) is 8.40. The van der Waals surface area contributed by atoms with Crippen molar-refractivity contribution in [2.45, 2.75) is 45.7 Å². The second-order valence-electron chi connectivity index (χ2n) is 8.25. The third kappa shape index (κ3) is 3.84. The van der Waals surface area contributed by atoms with Gasteiger partial charge in [0, 0.05) is 23.1 Å². The summed E-state index contributed by atoms with van der Waals surface area (Å²) in [5.41, 5.74) is 2.26. The summed E-state index contributed by atoms with van der Waals surface area (Å²) in [7, 11) is 5.33. The molecule has 1 aliphatic rings. The third-order valence-electron chi connectivity index (χ3n) is 6.15. The number of ether oxygens (including phenoxy) is 2. The van der Waals surface area contributed by atoms with Crippen LogP contribution in [0.15, 0.2) is 23.0 Å². The van der Waals surface area contributed by atoms with Gasteiger partial charge < -0.3 is 14.5 Å². The van der Waals surface area contributed by atoms with E-state index in [1.54, 1.807) is 25.6 Å². The van der Waals surface area contributed by atoms with Gasteiger partial charge in [-0.2, -0.15) is 0 Å². The lowest BCUT2D eigenvalue weighted by Gasteiger charge is -2.25. The molecule has 1 aromatic carbocycles. The molecule has 0 saturated carbocycles. The van der Waals surface area contributed by atoms with E-state index in [4.69, 9.17) is 14.5 Å². The van der Waals surface area contributed by atoms with Crippen molar-refractivity contribution in [1.82, 2.24) is 14.9 Å². The zero-order chi connectivity index (χ0) is 21.4. The van der Waals surface area contributed by atoms with Gasteiger partial charge in [-0.05, 0) is 50.8 Å². The van der Waals surface area contributed by atoms with Crippen molar-refractivity contribution in [2.24, 2.45) is 5.92 Å². The van der Waals surface area contributed by atoms with Crippen LogP contribution in [0.4, 0.5) is 0 Å². The lowest BCUT2D eigenvalue weighted by atomic mass is 9.89. The highest BCUT2D eigenvalue weighted by molar-refractivity contribution is 7.18. The van der Waals surface area contributed by atoms with Gasteiger partial charge in [0.1, 0.15) is 22.2 Å². The Balaban J connectivity index is 1.61. The number of nitrogens with zero attached hydrogens (tertiary/aromatic N) is 2. The zero-order valence-electron chi connectivity index (χ0n) is 18.2. The fourth-order valence-corrected chi connectivity index (χ4v) is 5.55. The van der Waals surface area contributed by atoms with Crippen LogP contribution in [0.1, 0.15) is 48.1 Å². The zero-order valence-corrected chi connectivity index (χ0v) is 19.1. The van der Waals surface area contributed by atoms with Gasteiger partial charge in [0.15, 0.2) is 0 Å². The number of benzene rings is 1. The molecule has 6 nitrogen and oxygen atoms in total. The van der Waals surface area contributed by atoms with Gasteiger partial charge in [-0.15, -0.1) is 11.3 Å². The van der Waals surface area contributed by atoms with Crippen molar-refractivity contribution >= 4 is 21.6 Å². The number of fused-ring (bicyclic) bond motifs is 3. The molecule has 160 valence electrons. The Morgan fingerprint density at radius 2 is 2.13 bits per heavy atom. The molecule has 4 rings (SSSR count). The summed E-state index contributed by atoms with van der Waals surface area (Å²) in [5, 5.41) is 0.803. The Kier molecular flexibility index (Phi) is 5.84. The molecule has 0 aliphatic heterocycles. The summed E-state index contributed by atoms with van der Waals surface area (Å²) >= 11 is 1.69. The molecule has 0 radical (unpaired) electrons. The van der Waals surface area contributed by atoms with Crippen molar-refractivity contribution < 1.29 is 9.47 Å². The first-order valence-electron chi connectivity index (χ1n) is 10.4. The van der Waals surface area contributed by atoms with Crippen LogP contribution < -0.4 is 15.0 Å². The quantitative estimate of drug-likeness (QED) is 0.635. The first-order chi connectivity index (χ1) is 14.4. The van der Waals surface area contributed by atoms with Gasteiger partial charge in [-0.25, -0.2) is 4.98 Å². The number of aromatic nitrogens is 2. The summed E-state index contributed by atoms with van der Waals surface area (Å²) in [6, 6.07) is 5.78. The molecule has 2 atom stereocenters. The molecule has 0 spiro atoms. The van der Waals surface area contributed by atoms with Gasteiger partial charge in [0.05, 0.1) is 25.6 Å². The average Bonchev–Trinajstić information content (AvgIpc) is 3.11. The number of nitrogens with one attached hydrogen (secondary N) is 1. The second-order valence-corrected chi connectivity index (χ2v) is 9.34. The number of thiophene rings is 1. The minimum Gasteiger partial charge on any atom is -0.497 e. The molecule has 0 unspecified atom stereocenters. The number of rotatable bonds is 6. The van der Waals surface area contributed by atoms with E-state index in [1.807, 2.05) is 25.2 Å². The van der Waals surface area contributed by atoms with E-state index in [0.717, 1.165) is 46.5 Å². The fourth-order valence-electron chi connectivity index (χ4n) is 4.16. The highest BCUT2D eigenvalue weighted by Crippen LogP contribution is 2.36. The molecule has 0 fully saturated rings. The fraction of sp³-hybridized carbons (Fsp3) is 0.478. The van der Waals surface area contributed by atoms with E-state index in [9.17, 15) is 4.79 Å². The highest BCUT2D eigenvalue weighted by Gasteiger charge is 2.24. The van der Waals surface area contributed by atoms with Crippen LogP contribution in [0, 0.1) is 5.92 Å². The smallest absolute Gasteiger partial charge is 0.259 e. The minimum absolute atomic E-state index is 0.00988. The van der Waals surface area contributed by atoms with Crippen LogP contribution in [0.3, 0.4) is 0 Å². The number of hydrogen-bond donors (Lipinski definition) is 1. The summed E-state index contributed by atoms with van der Waals surface area (Å²) < 4.78 is 10.8. The van der Waals surface area contributed by atoms with Gasteiger partial charge in [0.25, 0.3) is 5.56 Å². The molecule has 2 heterocycles. The summed E-state index contributed by atoms with van der Waals surface area (Å²) in [5.74, 6) is 2.92. The molecule has 30 heavy (non-hydrogen) atoms. The Labute approximate surface area is 180 Å². The van der Waals surface area contributed by atoms with Crippen molar-refractivity contribution in [3.05, 3.63) is 50.4 Å². The van der Waals surface area contributed by atoms with E-state index < -0.39 is 0 Å². The third-order valence-corrected chi connectivity index (χ3v) is 7.30. The van der Waals surface area contributed by atoms with E-state index in [-0.39, 0.29) is 11.6 Å². The molecule has 0 amide bonds. The Hall–Kier alpha value is -2.38. The molecular weight excluding hydrogens is 398 g/mol. The van der Waals surface area contributed by atoms with E-state index >= 15 is 0 Å². The maximum Gasteiger partial charge on any atom is 0.259 e. The lowest BCUT2D eigenvalue weighted by molar-refractivity contribution is 0.240. The maximum absolute atomic E-state index is 12.9. The molecule has 0 saturated heterocycles. The molecule has 7 heteroatoms. The van der Waals surface area contributed by atoms with Crippen molar-refractivity contribution in [2.75, 3.05) is 21.3 Å². The molecule has 1 aliphatic carbocycles. The molecule has 0 bridgehead atoms. The van der Waals surface area contributed by atoms with Crippen molar-refractivity contribution in [3.8, 4) is 11.5 Å². The largest absolute Gasteiger partial charge is 0.497 e. The van der Waals surface area contributed by atoms with Crippen LogP contribution >= 0.6 is 11.3 Å². The Morgan fingerprint density at radius 3 is 2.87 bits per heavy atom. The minimum atomic E-state index is -0.0491. The number of aryl methyl sites for hydroxylation is 1. The number of methoxy groups -OCH3 is 2. The number of H-pyrrole nitrogens is 1. The molecule has 3 aromatic rings. The Morgan fingerprint density at radius 1 is 1.33 bits per heavy atom. The number of hydrogen-bond acceptors (Lipinski definition) is 6. The van der Waals surface area contributed by atoms with Gasteiger partial charge in [0.2, 0.25) is 0 Å². The maximum atomic E-state index is 12.9. The van der Waals surface area contributed by atoms with Crippen LogP contribution in [-0.4, -0.2) is 36.1 Å². The van der Waals surface area contributed by atoms with E-state index in [2.05, 4.69) is 23.7 Å².